The third kappa shape index (κ3) is 2.85. The summed E-state index contributed by atoms with van der Waals surface area (Å²) in [5.74, 6) is 1.41. The van der Waals surface area contributed by atoms with Crippen molar-refractivity contribution in [1.82, 2.24) is 0 Å². The van der Waals surface area contributed by atoms with Crippen molar-refractivity contribution in [3.05, 3.63) is 47.5 Å². The third-order valence-corrected chi connectivity index (χ3v) is 5.32. The van der Waals surface area contributed by atoms with Gasteiger partial charge in [0.05, 0.1) is 0 Å². The van der Waals surface area contributed by atoms with Gasteiger partial charge in [-0.25, -0.2) is 0 Å². The van der Waals surface area contributed by atoms with Crippen LogP contribution < -0.4 is 0 Å². The van der Waals surface area contributed by atoms with Crippen LogP contribution in [0, 0.1) is 11.8 Å². The summed E-state index contributed by atoms with van der Waals surface area (Å²) in [6.07, 6.45) is 2.34. The molecule has 21 heavy (non-hydrogen) atoms. The van der Waals surface area contributed by atoms with Gasteiger partial charge in [-0.1, -0.05) is 64.1 Å². The highest BCUT2D eigenvalue weighted by molar-refractivity contribution is 7.26. The van der Waals surface area contributed by atoms with E-state index in [1.165, 1.54) is 44.1 Å². The van der Waals surface area contributed by atoms with Crippen LogP contribution in [0.2, 0.25) is 0 Å². The SMILES string of the molecule is CC(C)Cc1cccc2c1sc1c(CC(C)C)cccc12. The summed E-state index contributed by atoms with van der Waals surface area (Å²) in [5.41, 5.74) is 3.03. The first-order valence-electron chi connectivity index (χ1n) is 7.98. The highest BCUT2D eigenvalue weighted by atomic mass is 32.1. The van der Waals surface area contributed by atoms with Gasteiger partial charge >= 0.3 is 0 Å². The van der Waals surface area contributed by atoms with E-state index in [0.29, 0.717) is 11.8 Å². The first-order chi connectivity index (χ1) is 10.1. The molecule has 2 aromatic carbocycles. The van der Waals surface area contributed by atoms with E-state index in [1.807, 2.05) is 11.3 Å². The molecule has 110 valence electrons. The van der Waals surface area contributed by atoms with Gasteiger partial charge in [0.1, 0.15) is 0 Å². The van der Waals surface area contributed by atoms with Gasteiger partial charge < -0.3 is 0 Å². The summed E-state index contributed by atoms with van der Waals surface area (Å²) >= 11 is 2.00. The summed E-state index contributed by atoms with van der Waals surface area (Å²) in [6.45, 7) is 9.21. The van der Waals surface area contributed by atoms with E-state index in [0.717, 1.165) is 0 Å². The van der Waals surface area contributed by atoms with E-state index < -0.39 is 0 Å². The van der Waals surface area contributed by atoms with Crippen molar-refractivity contribution < 1.29 is 0 Å². The van der Waals surface area contributed by atoms with Crippen LogP contribution in [0.3, 0.4) is 0 Å². The minimum Gasteiger partial charge on any atom is -0.135 e. The highest BCUT2D eigenvalue weighted by Gasteiger charge is 2.12. The van der Waals surface area contributed by atoms with Crippen molar-refractivity contribution >= 4 is 31.5 Å². The zero-order valence-corrected chi connectivity index (χ0v) is 14.3. The number of thiophene rings is 1. The fourth-order valence-electron chi connectivity index (χ4n) is 3.14. The molecular formula is C20H24S. The van der Waals surface area contributed by atoms with Crippen LogP contribution in [0.15, 0.2) is 36.4 Å². The maximum atomic E-state index is 2.31. The second-order valence-electron chi connectivity index (χ2n) is 6.89. The van der Waals surface area contributed by atoms with Crippen molar-refractivity contribution in [2.75, 3.05) is 0 Å². The van der Waals surface area contributed by atoms with Crippen LogP contribution in [-0.4, -0.2) is 0 Å². The maximum Gasteiger partial charge on any atom is 0.0387 e. The van der Waals surface area contributed by atoms with E-state index in [2.05, 4.69) is 64.1 Å². The van der Waals surface area contributed by atoms with Gasteiger partial charge in [-0.05, 0) is 35.8 Å². The molecule has 1 aromatic heterocycles. The normalized spacial score (nSPS) is 12.1. The summed E-state index contributed by atoms with van der Waals surface area (Å²) in [5, 5.41) is 2.89. The average molecular weight is 296 g/mol. The Morgan fingerprint density at radius 1 is 0.714 bits per heavy atom. The molecule has 0 saturated carbocycles. The molecule has 0 bridgehead atoms. The van der Waals surface area contributed by atoms with Gasteiger partial charge in [-0.3, -0.25) is 0 Å². The van der Waals surface area contributed by atoms with Crippen molar-refractivity contribution in [2.45, 2.75) is 40.5 Å². The average Bonchev–Trinajstić information content (AvgIpc) is 2.79. The second-order valence-corrected chi connectivity index (χ2v) is 7.91. The zero-order valence-electron chi connectivity index (χ0n) is 13.4. The molecule has 0 aliphatic carbocycles. The Morgan fingerprint density at radius 2 is 1.14 bits per heavy atom. The molecule has 0 N–H and O–H groups in total. The molecular weight excluding hydrogens is 272 g/mol. The van der Waals surface area contributed by atoms with E-state index in [9.17, 15) is 0 Å². The van der Waals surface area contributed by atoms with E-state index >= 15 is 0 Å². The predicted molar refractivity (Wildman–Crippen MR) is 96.4 cm³/mol. The van der Waals surface area contributed by atoms with Gasteiger partial charge in [0, 0.05) is 20.2 Å². The van der Waals surface area contributed by atoms with Crippen LogP contribution in [0.25, 0.3) is 20.2 Å². The summed E-state index contributed by atoms with van der Waals surface area (Å²) < 4.78 is 3.00. The number of benzene rings is 2. The van der Waals surface area contributed by atoms with Crippen LogP contribution in [0.1, 0.15) is 38.8 Å². The van der Waals surface area contributed by atoms with Crippen molar-refractivity contribution in [3.8, 4) is 0 Å². The molecule has 0 spiro atoms. The number of rotatable bonds is 4. The quantitative estimate of drug-likeness (QED) is 0.519. The molecule has 0 nitrogen and oxygen atoms in total. The van der Waals surface area contributed by atoms with Crippen molar-refractivity contribution in [3.63, 3.8) is 0 Å². The first-order valence-corrected chi connectivity index (χ1v) is 8.80. The molecule has 0 atom stereocenters. The minimum atomic E-state index is 0.705. The molecule has 0 aliphatic heterocycles. The standard InChI is InChI=1S/C20H24S/c1-13(2)11-15-7-5-9-17-18-10-6-8-16(12-14(3)4)20(18)21-19(15)17/h5-10,13-14H,11-12H2,1-4H3. The predicted octanol–water partition coefficient (Wildman–Crippen LogP) is 6.45. The van der Waals surface area contributed by atoms with Gasteiger partial charge in [0.2, 0.25) is 0 Å². The Balaban J connectivity index is 2.23. The zero-order chi connectivity index (χ0) is 15.0. The number of hydrogen-bond acceptors (Lipinski definition) is 1. The minimum absolute atomic E-state index is 0.705. The Labute approximate surface area is 131 Å². The fourth-order valence-corrected chi connectivity index (χ4v) is 4.48. The Kier molecular flexibility index (Phi) is 4.03. The summed E-state index contributed by atoms with van der Waals surface area (Å²) in [6, 6.07) is 13.6. The van der Waals surface area contributed by atoms with Crippen LogP contribution in [-0.2, 0) is 12.8 Å². The largest absolute Gasteiger partial charge is 0.135 e. The van der Waals surface area contributed by atoms with Crippen molar-refractivity contribution in [1.29, 1.82) is 0 Å². The lowest BCUT2D eigenvalue weighted by atomic mass is 9.99. The van der Waals surface area contributed by atoms with Gasteiger partial charge in [-0.2, -0.15) is 0 Å². The van der Waals surface area contributed by atoms with E-state index in [1.54, 1.807) is 0 Å². The monoisotopic (exact) mass is 296 g/mol. The van der Waals surface area contributed by atoms with Gasteiger partial charge in [-0.15, -0.1) is 11.3 Å². The van der Waals surface area contributed by atoms with Crippen LogP contribution >= 0.6 is 11.3 Å². The summed E-state index contributed by atoms with van der Waals surface area (Å²) in [7, 11) is 0. The molecule has 0 radical (unpaired) electrons. The number of fused-ring (bicyclic) bond motifs is 3. The fraction of sp³-hybridized carbons (Fsp3) is 0.400. The van der Waals surface area contributed by atoms with Gasteiger partial charge in [0.25, 0.3) is 0 Å². The Morgan fingerprint density at radius 3 is 1.52 bits per heavy atom. The highest BCUT2D eigenvalue weighted by Crippen LogP contribution is 2.38. The molecule has 0 aliphatic rings. The lowest BCUT2D eigenvalue weighted by Gasteiger charge is -2.05. The smallest absolute Gasteiger partial charge is 0.0387 e. The Hall–Kier alpha value is -1.34. The lowest BCUT2D eigenvalue weighted by molar-refractivity contribution is 0.650. The molecule has 3 aromatic rings. The third-order valence-electron chi connectivity index (χ3n) is 3.94. The molecule has 0 unspecified atom stereocenters. The van der Waals surface area contributed by atoms with Crippen molar-refractivity contribution in [2.24, 2.45) is 11.8 Å². The van der Waals surface area contributed by atoms with Crippen LogP contribution in [0.4, 0.5) is 0 Å². The molecule has 0 saturated heterocycles. The van der Waals surface area contributed by atoms with Crippen LogP contribution in [0.5, 0.6) is 0 Å². The molecule has 0 fully saturated rings. The molecule has 3 rings (SSSR count). The summed E-state index contributed by atoms with van der Waals surface area (Å²) in [4.78, 5) is 0. The van der Waals surface area contributed by atoms with E-state index in [-0.39, 0.29) is 0 Å². The molecule has 1 heteroatoms. The topological polar surface area (TPSA) is 0 Å². The second kappa shape index (κ2) is 5.81. The van der Waals surface area contributed by atoms with Gasteiger partial charge in [0.15, 0.2) is 0 Å². The Bertz CT molecular complexity index is 698. The number of hydrogen-bond donors (Lipinski definition) is 0. The lowest BCUT2D eigenvalue weighted by Crippen LogP contribution is -1.93. The first kappa shape index (κ1) is 14.6. The molecule has 1 heterocycles. The molecule has 0 amide bonds. The van der Waals surface area contributed by atoms with E-state index in [4.69, 9.17) is 0 Å². The maximum absolute atomic E-state index is 2.31.